The molecule has 1 heterocycles. The minimum Gasteiger partial charge on any atom is -0.352 e. The van der Waals surface area contributed by atoms with Crippen LogP contribution in [0.3, 0.4) is 0 Å². The van der Waals surface area contributed by atoms with Gasteiger partial charge in [0, 0.05) is 24.9 Å². The molecule has 0 saturated heterocycles. The first-order chi connectivity index (χ1) is 8.36. The van der Waals surface area contributed by atoms with Gasteiger partial charge in [0.15, 0.2) is 0 Å². The SMILES string of the molecule is O=C(NCc1cccnc1)C1CCCCCC1. The fraction of sp³-hybridized carbons (Fsp3) is 0.571. The maximum Gasteiger partial charge on any atom is 0.223 e. The van der Waals surface area contributed by atoms with E-state index in [1.54, 1.807) is 12.4 Å². The van der Waals surface area contributed by atoms with Gasteiger partial charge in [0.05, 0.1) is 0 Å². The first-order valence-electron chi connectivity index (χ1n) is 6.53. The van der Waals surface area contributed by atoms with Gasteiger partial charge in [-0.3, -0.25) is 9.78 Å². The van der Waals surface area contributed by atoms with Gasteiger partial charge < -0.3 is 5.32 Å². The zero-order valence-electron chi connectivity index (χ0n) is 10.2. The summed E-state index contributed by atoms with van der Waals surface area (Å²) in [5, 5.41) is 3.02. The van der Waals surface area contributed by atoms with Crippen LogP contribution in [0, 0.1) is 5.92 Å². The number of amides is 1. The summed E-state index contributed by atoms with van der Waals surface area (Å²) in [5.41, 5.74) is 1.06. The van der Waals surface area contributed by atoms with E-state index < -0.39 is 0 Å². The Balaban J connectivity index is 1.80. The molecule has 1 aliphatic carbocycles. The van der Waals surface area contributed by atoms with E-state index in [0.29, 0.717) is 6.54 Å². The molecule has 1 saturated carbocycles. The number of carbonyl (C=O) groups is 1. The lowest BCUT2D eigenvalue weighted by Gasteiger charge is -2.13. The zero-order chi connectivity index (χ0) is 11.9. The molecule has 0 unspecified atom stereocenters. The van der Waals surface area contributed by atoms with Crippen molar-refractivity contribution < 1.29 is 4.79 Å². The number of aromatic nitrogens is 1. The molecule has 1 aromatic heterocycles. The number of nitrogens with zero attached hydrogens (tertiary/aromatic N) is 1. The Hall–Kier alpha value is -1.38. The van der Waals surface area contributed by atoms with Crippen molar-refractivity contribution in [2.24, 2.45) is 5.92 Å². The van der Waals surface area contributed by atoms with E-state index in [1.165, 1.54) is 25.7 Å². The molecule has 0 bridgehead atoms. The van der Waals surface area contributed by atoms with Crippen LogP contribution in [0.1, 0.15) is 44.1 Å². The molecule has 0 spiro atoms. The number of nitrogens with one attached hydrogen (secondary N) is 1. The molecule has 1 fully saturated rings. The van der Waals surface area contributed by atoms with E-state index in [4.69, 9.17) is 0 Å². The van der Waals surface area contributed by atoms with Gasteiger partial charge in [-0.05, 0) is 24.5 Å². The van der Waals surface area contributed by atoms with Crippen molar-refractivity contribution in [3.05, 3.63) is 30.1 Å². The van der Waals surface area contributed by atoms with Crippen molar-refractivity contribution >= 4 is 5.91 Å². The first kappa shape index (κ1) is 12.1. The first-order valence-corrected chi connectivity index (χ1v) is 6.53. The highest BCUT2D eigenvalue weighted by molar-refractivity contribution is 5.78. The second-order valence-corrected chi connectivity index (χ2v) is 4.77. The van der Waals surface area contributed by atoms with E-state index >= 15 is 0 Å². The quantitative estimate of drug-likeness (QED) is 0.814. The molecule has 0 radical (unpaired) electrons. The monoisotopic (exact) mass is 232 g/mol. The summed E-state index contributed by atoms with van der Waals surface area (Å²) in [6.07, 6.45) is 10.6. The van der Waals surface area contributed by atoms with Crippen LogP contribution in [0.25, 0.3) is 0 Å². The van der Waals surface area contributed by atoms with Gasteiger partial charge in [0.25, 0.3) is 0 Å². The summed E-state index contributed by atoms with van der Waals surface area (Å²) in [6, 6.07) is 3.88. The normalized spacial score (nSPS) is 17.4. The summed E-state index contributed by atoms with van der Waals surface area (Å²) in [7, 11) is 0. The highest BCUT2D eigenvalue weighted by Gasteiger charge is 2.19. The molecule has 3 heteroatoms. The van der Waals surface area contributed by atoms with Crippen molar-refractivity contribution in [3.8, 4) is 0 Å². The van der Waals surface area contributed by atoms with Gasteiger partial charge in [-0.1, -0.05) is 31.7 Å². The molecule has 1 N–H and O–H groups in total. The van der Waals surface area contributed by atoms with Crippen LogP contribution < -0.4 is 5.32 Å². The highest BCUT2D eigenvalue weighted by Crippen LogP contribution is 2.22. The Kier molecular flexibility index (Phi) is 4.54. The van der Waals surface area contributed by atoms with E-state index in [9.17, 15) is 4.79 Å². The van der Waals surface area contributed by atoms with Crippen molar-refractivity contribution in [1.29, 1.82) is 0 Å². The van der Waals surface area contributed by atoms with Crippen LogP contribution in [0.4, 0.5) is 0 Å². The standard InChI is InChI=1S/C14H20N2O/c17-14(13-7-3-1-2-4-8-13)16-11-12-6-5-9-15-10-12/h5-6,9-10,13H,1-4,7-8,11H2,(H,16,17). The Morgan fingerprint density at radius 3 is 2.71 bits per heavy atom. The number of pyridine rings is 1. The predicted octanol–water partition coefficient (Wildman–Crippen LogP) is 2.67. The summed E-state index contributed by atoms with van der Waals surface area (Å²) in [5.74, 6) is 0.449. The maximum atomic E-state index is 12.0. The van der Waals surface area contributed by atoms with Crippen LogP contribution in [0.2, 0.25) is 0 Å². The summed E-state index contributed by atoms with van der Waals surface area (Å²) >= 11 is 0. The van der Waals surface area contributed by atoms with Gasteiger partial charge >= 0.3 is 0 Å². The van der Waals surface area contributed by atoms with Crippen molar-refractivity contribution in [2.75, 3.05) is 0 Å². The average molecular weight is 232 g/mol. The molecule has 0 atom stereocenters. The fourth-order valence-corrected chi connectivity index (χ4v) is 2.38. The Morgan fingerprint density at radius 2 is 2.06 bits per heavy atom. The van der Waals surface area contributed by atoms with Crippen molar-refractivity contribution in [1.82, 2.24) is 10.3 Å². The lowest BCUT2D eigenvalue weighted by Crippen LogP contribution is -2.30. The molecule has 0 aromatic carbocycles. The number of hydrogen-bond donors (Lipinski definition) is 1. The number of rotatable bonds is 3. The van der Waals surface area contributed by atoms with Crippen LogP contribution >= 0.6 is 0 Å². The van der Waals surface area contributed by atoms with Gasteiger partial charge in [-0.2, -0.15) is 0 Å². The van der Waals surface area contributed by atoms with Gasteiger partial charge in [-0.15, -0.1) is 0 Å². The summed E-state index contributed by atoms with van der Waals surface area (Å²) in [4.78, 5) is 16.0. The van der Waals surface area contributed by atoms with Gasteiger partial charge in [-0.25, -0.2) is 0 Å². The third-order valence-electron chi connectivity index (χ3n) is 3.42. The highest BCUT2D eigenvalue weighted by atomic mass is 16.1. The lowest BCUT2D eigenvalue weighted by atomic mass is 9.99. The Labute approximate surface area is 103 Å². The second kappa shape index (κ2) is 6.38. The third kappa shape index (κ3) is 3.84. The van der Waals surface area contributed by atoms with E-state index in [0.717, 1.165) is 18.4 Å². The van der Waals surface area contributed by atoms with Crippen molar-refractivity contribution in [2.45, 2.75) is 45.1 Å². The van der Waals surface area contributed by atoms with Gasteiger partial charge in [0.1, 0.15) is 0 Å². The predicted molar refractivity (Wildman–Crippen MR) is 67.3 cm³/mol. The topological polar surface area (TPSA) is 42.0 Å². The minimum absolute atomic E-state index is 0.218. The third-order valence-corrected chi connectivity index (χ3v) is 3.42. The molecule has 2 rings (SSSR count). The van der Waals surface area contributed by atoms with Crippen LogP contribution in [-0.4, -0.2) is 10.9 Å². The summed E-state index contributed by atoms with van der Waals surface area (Å²) < 4.78 is 0. The molecule has 1 aromatic rings. The Bertz CT molecular complexity index is 342. The van der Waals surface area contributed by atoms with Crippen LogP contribution in [0.15, 0.2) is 24.5 Å². The van der Waals surface area contributed by atoms with Crippen molar-refractivity contribution in [3.63, 3.8) is 0 Å². The lowest BCUT2D eigenvalue weighted by molar-refractivity contribution is -0.125. The molecule has 17 heavy (non-hydrogen) atoms. The zero-order valence-corrected chi connectivity index (χ0v) is 10.2. The maximum absolute atomic E-state index is 12.0. The average Bonchev–Trinajstić information content (AvgIpc) is 2.66. The molecule has 92 valence electrons. The molecule has 1 amide bonds. The largest absolute Gasteiger partial charge is 0.352 e. The molecule has 0 aliphatic heterocycles. The van der Waals surface area contributed by atoms with E-state index in [-0.39, 0.29) is 11.8 Å². The van der Waals surface area contributed by atoms with Gasteiger partial charge in [0.2, 0.25) is 5.91 Å². The van der Waals surface area contributed by atoms with E-state index in [2.05, 4.69) is 10.3 Å². The molecule has 1 aliphatic rings. The summed E-state index contributed by atoms with van der Waals surface area (Å²) in [6.45, 7) is 0.600. The van der Waals surface area contributed by atoms with Crippen LogP contribution in [0.5, 0.6) is 0 Å². The number of carbonyl (C=O) groups excluding carboxylic acids is 1. The molecular formula is C14H20N2O. The smallest absolute Gasteiger partial charge is 0.223 e. The minimum atomic E-state index is 0.218. The fourth-order valence-electron chi connectivity index (χ4n) is 2.38. The van der Waals surface area contributed by atoms with Crippen LogP contribution in [-0.2, 0) is 11.3 Å². The number of hydrogen-bond acceptors (Lipinski definition) is 2. The Morgan fingerprint density at radius 1 is 1.29 bits per heavy atom. The molecular weight excluding hydrogens is 212 g/mol. The van der Waals surface area contributed by atoms with E-state index in [1.807, 2.05) is 12.1 Å². The molecule has 3 nitrogen and oxygen atoms in total. The second-order valence-electron chi connectivity index (χ2n) is 4.77.